The zero-order valence-electron chi connectivity index (χ0n) is 21.4. The highest BCUT2D eigenvalue weighted by molar-refractivity contribution is 5.90. The van der Waals surface area contributed by atoms with E-state index in [-0.39, 0.29) is 0 Å². The molecule has 4 aromatic rings. The van der Waals surface area contributed by atoms with Gasteiger partial charge >= 0.3 is 0 Å². The second-order valence-electron chi connectivity index (χ2n) is 9.46. The zero-order chi connectivity index (χ0) is 25.6. The fourth-order valence-corrected chi connectivity index (χ4v) is 4.61. The number of rotatable bonds is 8. The minimum atomic E-state index is 0.500. The number of piperazine rings is 1. The average molecular weight is 493 g/mol. The first kappa shape index (κ1) is 24.6. The van der Waals surface area contributed by atoms with Crippen LogP contribution < -0.4 is 10.1 Å². The third kappa shape index (κ3) is 5.83. The van der Waals surface area contributed by atoms with Crippen molar-refractivity contribution in [1.29, 1.82) is 5.26 Å². The van der Waals surface area contributed by atoms with Crippen LogP contribution in [0.25, 0.3) is 23.1 Å². The molecule has 0 bridgehead atoms. The molecule has 0 saturated carbocycles. The second kappa shape index (κ2) is 11.3. The van der Waals surface area contributed by atoms with Gasteiger partial charge in [0.25, 0.3) is 0 Å². The van der Waals surface area contributed by atoms with Crippen molar-refractivity contribution < 1.29 is 4.74 Å². The summed E-state index contributed by atoms with van der Waals surface area (Å²) in [6.07, 6.45) is 9.33. The van der Waals surface area contributed by atoms with E-state index in [2.05, 4.69) is 51.2 Å². The number of aryl methyl sites for hydroxylation is 1. The van der Waals surface area contributed by atoms with Gasteiger partial charge in [0.05, 0.1) is 11.3 Å². The summed E-state index contributed by atoms with van der Waals surface area (Å²) >= 11 is 0. The van der Waals surface area contributed by atoms with Gasteiger partial charge in [-0.05, 0) is 55.4 Å². The fourth-order valence-electron chi connectivity index (χ4n) is 4.61. The molecule has 1 aliphatic heterocycles. The van der Waals surface area contributed by atoms with E-state index >= 15 is 0 Å². The highest BCUT2D eigenvalue weighted by atomic mass is 16.5. The maximum atomic E-state index is 9.73. The Labute approximate surface area is 218 Å². The number of benzene rings is 2. The van der Waals surface area contributed by atoms with Gasteiger partial charge < -0.3 is 19.9 Å². The summed E-state index contributed by atoms with van der Waals surface area (Å²) in [7, 11) is 2.17. The molecule has 0 unspecified atom stereocenters. The molecule has 1 saturated heterocycles. The van der Waals surface area contributed by atoms with Crippen LogP contribution in [0.15, 0.2) is 61.1 Å². The molecular weight excluding hydrogens is 460 g/mol. The molecule has 0 radical (unpaired) electrons. The van der Waals surface area contributed by atoms with E-state index < -0.39 is 0 Å². The van der Waals surface area contributed by atoms with Crippen LogP contribution in [0.5, 0.6) is 5.75 Å². The third-order valence-electron chi connectivity index (χ3n) is 6.97. The van der Waals surface area contributed by atoms with Gasteiger partial charge in [-0.3, -0.25) is 9.88 Å². The number of aromatic nitrogens is 2. The summed E-state index contributed by atoms with van der Waals surface area (Å²) in [5.41, 5.74) is 6.31. The number of nitrogens with one attached hydrogen (secondary N) is 2. The van der Waals surface area contributed by atoms with Gasteiger partial charge in [-0.15, -0.1) is 0 Å². The first-order valence-corrected chi connectivity index (χ1v) is 12.6. The van der Waals surface area contributed by atoms with E-state index in [0.29, 0.717) is 12.2 Å². The van der Waals surface area contributed by atoms with Crippen molar-refractivity contribution in [3.63, 3.8) is 0 Å². The van der Waals surface area contributed by atoms with Crippen LogP contribution in [0.3, 0.4) is 0 Å². The number of H-pyrrole nitrogens is 1. The molecule has 1 fully saturated rings. The summed E-state index contributed by atoms with van der Waals surface area (Å²) in [6, 6.07) is 16.5. The highest BCUT2D eigenvalue weighted by Gasteiger charge is 2.13. The standard InChI is InChI=1S/C30H32N6O/c1-22-27-11-12-33-29(27)10-9-28(22)34-30-24(20-32-21-25(30)19-31)6-3-23-4-7-26(8-5-23)37-18-17-36-15-13-35(2)14-16-36/h3-12,20-21,33H,13-18H2,1-2H3,(H,32,34). The first-order valence-electron chi connectivity index (χ1n) is 12.6. The molecule has 3 heterocycles. The number of nitrogens with zero attached hydrogens (tertiary/aromatic N) is 4. The largest absolute Gasteiger partial charge is 0.492 e. The molecule has 2 aromatic carbocycles. The molecule has 188 valence electrons. The molecule has 7 heteroatoms. The van der Waals surface area contributed by atoms with E-state index in [4.69, 9.17) is 4.74 Å². The molecular formula is C30H32N6O. The normalized spacial score (nSPS) is 14.7. The van der Waals surface area contributed by atoms with E-state index in [0.717, 1.165) is 77.4 Å². The van der Waals surface area contributed by atoms with Crippen molar-refractivity contribution in [1.82, 2.24) is 19.8 Å². The molecule has 0 amide bonds. The summed E-state index contributed by atoms with van der Waals surface area (Å²) in [5, 5.41) is 14.4. The topological polar surface area (TPSA) is 80.2 Å². The SMILES string of the molecule is Cc1c(Nc2c(C#N)cncc2C=Cc2ccc(OCCN3CCN(C)CC3)cc2)ccc2[nH]ccc12. The Kier molecular flexibility index (Phi) is 7.50. The number of hydrogen-bond donors (Lipinski definition) is 2. The predicted octanol–water partition coefficient (Wildman–Crippen LogP) is 5.28. The summed E-state index contributed by atoms with van der Waals surface area (Å²) in [4.78, 5) is 12.3. The molecule has 0 aliphatic carbocycles. The van der Waals surface area contributed by atoms with Crippen molar-refractivity contribution in [2.45, 2.75) is 6.92 Å². The Morgan fingerprint density at radius 1 is 1.05 bits per heavy atom. The van der Waals surface area contributed by atoms with Crippen molar-refractivity contribution in [2.24, 2.45) is 0 Å². The Balaban J connectivity index is 1.26. The van der Waals surface area contributed by atoms with Crippen LogP contribution in [-0.4, -0.2) is 66.1 Å². The Bertz CT molecular complexity index is 1420. The van der Waals surface area contributed by atoms with Crippen molar-refractivity contribution in [2.75, 3.05) is 51.7 Å². The number of hydrogen-bond acceptors (Lipinski definition) is 6. The lowest BCUT2D eigenvalue weighted by Gasteiger charge is -2.32. The Morgan fingerprint density at radius 3 is 2.65 bits per heavy atom. The monoisotopic (exact) mass is 492 g/mol. The lowest BCUT2D eigenvalue weighted by atomic mass is 10.1. The van der Waals surface area contributed by atoms with Crippen LogP contribution >= 0.6 is 0 Å². The van der Waals surface area contributed by atoms with E-state index in [1.807, 2.05) is 54.7 Å². The molecule has 37 heavy (non-hydrogen) atoms. The van der Waals surface area contributed by atoms with Crippen molar-refractivity contribution in [3.8, 4) is 11.8 Å². The highest BCUT2D eigenvalue weighted by Crippen LogP contribution is 2.31. The molecule has 0 atom stereocenters. The number of fused-ring (bicyclic) bond motifs is 1. The molecule has 2 aromatic heterocycles. The van der Waals surface area contributed by atoms with Crippen LogP contribution in [0.1, 0.15) is 22.3 Å². The number of pyridine rings is 1. The van der Waals surface area contributed by atoms with Gasteiger partial charge in [-0.2, -0.15) is 5.26 Å². The molecule has 1 aliphatic rings. The predicted molar refractivity (Wildman–Crippen MR) is 150 cm³/mol. The smallest absolute Gasteiger partial charge is 0.119 e. The maximum Gasteiger partial charge on any atom is 0.119 e. The summed E-state index contributed by atoms with van der Waals surface area (Å²) in [5.74, 6) is 0.873. The number of anilines is 2. The zero-order valence-corrected chi connectivity index (χ0v) is 21.4. The second-order valence-corrected chi connectivity index (χ2v) is 9.46. The van der Waals surface area contributed by atoms with Crippen molar-refractivity contribution in [3.05, 3.63) is 83.3 Å². The lowest BCUT2D eigenvalue weighted by Crippen LogP contribution is -2.45. The third-order valence-corrected chi connectivity index (χ3v) is 6.97. The van der Waals surface area contributed by atoms with E-state index in [1.54, 1.807) is 12.4 Å². The van der Waals surface area contributed by atoms with Gasteiger partial charge in [0.2, 0.25) is 0 Å². The summed E-state index contributed by atoms with van der Waals surface area (Å²) in [6.45, 7) is 8.15. The van der Waals surface area contributed by atoms with Gasteiger partial charge in [-0.1, -0.05) is 24.3 Å². The Morgan fingerprint density at radius 2 is 1.86 bits per heavy atom. The number of ether oxygens (including phenoxy) is 1. The molecule has 2 N–H and O–H groups in total. The van der Waals surface area contributed by atoms with Gasteiger partial charge in [0.15, 0.2) is 0 Å². The van der Waals surface area contributed by atoms with Gasteiger partial charge in [-0.25, -0.2) is 0 Å². The minimum absolute atomic E-state index is 0.500. The van der Waals surface area contributed by atoms with Crippen molar-refractivity contribution >= 4 is 34.4 Å². The maximum absolute atomic E-state index is 9.73. The quantitative estimate of drug-likeness (QED) is 0.348. The summed E-state index contributed by atoms with van der Waals surface area (Å²) < 4.78 is 5.97. The number of nitriles is 1. The Hall–Kier alpha value is -4.12. The van der Waals surface area contributed by atoms with E-state index in [1.165, 1.54) is 0 Å². The van der Waals surface area contributed by atoms with Gasteiger partial charge in [0, 0.05) is 73.5 Å². The average Bonchev–Trinajstić information content (AvgIpc) is 3.41. The van der Waals surface area contributed by atoms with Crippen LogP contribution in [-0.2, 0) is 0 Å². The van der Waals surface area contributed by atoms with Crippen LogP contribution in [0, 0.1) is 18.3 Å². The number of likely N-dealkylation sites (N-methyl/N-ethyl adjacent to an activating group) is 1. The van der Waals surface area contributed by atoms with Gasteiger partial charge in [0.1, 0.15) is 18.4 Å². The molecule has 0 spiro atoms. The fraction of sp³-hybridized carbons (Fsp3) is 0.267. The van der Waals surface area contributed by atoms with Crippen LogP contribution in [0.2, 0.25) is 0 Å². The molecule has 5 rings (SSSR count). The minimum Gasteiger partial charge on any atom is -0.492 e. The van der Waals surface area contributed by atoms with E-state index in [9.17, 15) is 5.26 Å². The first-order chi connectivity index (χ1) is 18.1. The number of aromatic amines is 1. The van der Waals surface area contributed by atoms with Crippen LogP contribution in [0.4, 0.5) is 11.4 Å². The lowest BCUT2D eigenvalue weighted by molar-refractivity contribution is 0.134. The molecule has 7 nitrogen and oxygen atoms in total.